The van der Waals surface area contributed by atoms with Crippen molar-refractivity contribution in [3.05, 3.63) is 0 Å². The van der Waals surface area contributed by atoms with Crippen molar-refractivity contribution < 1.29 is 14.6 Å². The molecule has 1 amide bonds. The number of nitrogens with zero attached hydrogens (tertiary/aromatic N) is 1. The lowest BCUT2D eigenvalue weighted by molar-refractivity contribution is 0.100. The van der Waals surface area contributed by atoms with Crippen molar-refractivity contribution in [1.29, 1.82) is 0 Å². The second-order valence-electron chi connectivity index (χ2n) is 4.35. The molecule has 2 N–H and O–H groups in total. The highest BCUT2D eigenvalue weighted by atomic mass is 16.5. The summed E-state index contributed by atoms with van der Waals surface area (Å²) >= 11 is 0. The molecule has 0 saturated heterocycles. The van der Waals surface area contributed by atoms with Gasteiger partial charge in [0.25, 0.3) is 0 Å². The Kier molecular flexibility index (Phi) is 6.27. The third-order valence-electron chi connectivity index (χ3n) is 2.04. The maximum Gasteiger partial charge on any atom is 0.407 e. The lowest BCUT2D eigenvalue weighted by Gasteiger charge is -2.33. The molecule has 0 atom stereocenters. The van der Waals surface area contributed by atoms with Gasteiger partial charge in [-0.15, -0.1) is 0 Å². The fourth-order valence-electron chi connectivity index (χ4n) is 1.21. The Morgan fingerprint density at radius 1 is 1.40 bits per heavy atom. The average Bonchev–Trinajstić information content (AvgIpc) is 2.08. The second kappa shape index (κ2) is 6.63. The Morgan fingerprint density at radius 3 is 2.40 bits per heavy atom. The molecular formula is C10H22N2O3. The molecule has 0 fully saturated rings. The van der Waals surface area contributed by atoms with Crippen molar-refractivity contribution in [2.24, 2.45) is 0 Å². The van der Waals surface area contributed by atoms with Crippen molar-refractivity contribution in [3.8, 4) is 0 Å². The number of nitrogens with one attached hydrogen (secondary N) is 1. The van der Waals surface area contributed by atoms with Gasteiger partial charge >= 0.3 is 6.09 Å². The van der Waals surface area contributed by atoms with E-state index in [1.807, 2.05) is 20.8 Å². The van der Waals surface area contributed by atoms with Gasteiger partial charge in [0.2, 0.25) is 0 Å². The average molecular weight is 218 g/mol. The molecule has 5 heteroatoms. The quantitative estimate of drug-likeness (QED) is 0.653. The maximum absolute atomic E-state index is 10.9. The minimum atomic E-state index is -0.879. The smallest absolute Gasteiger partial charge is 0.407 e. The first-order chi connectivity index (χ1) is 6.89. The first-order valence-electron chi connectivity index (χ1n) is 5.10. The summed E-state index contributed by atoms with van der Waals surface area (Å²) in [5.41, 5.74) is -0.352. The molecule has 0 aliphatic rings. The monoisotopic (exact) mass is 218 g/mol. The third-order valence-corrected chi connectivity index (χ3v) is 2.04. The van der Waals surface area contributed by atoms with Crippen LogP contribution in [0.4, 0.5) is 4.79 Å². The molecule has 15 heavy (non-hydrogen) atoms. The van der Waals surface area contributed by atoms with Crippen molar-refractivity contribution in [1.82, 2.24) is 10.2 Å². The molecule has 0 aliphatic carbocycles. The van der Waals surface area contributed by atoms with E-state index in [9.17, 15) is 4.79 Å². The van der Waals surface area contributed by atoms with Crippen LogP contribution in [0.15, 0.2) is 0 Å². The number of methoxy groups -OCH3 is 1. The molecule has 0 bridgehead atoms. The molecule has 5 nitrogen and oxygen atoms in total. The van der Waals surface area contributed by atoms with E-state index in [0.29, 0.717) is 19.7 Å². The molecule has 0 spiro atoms. The summed E-state index contributed by atoms with van der Waals surface area (Å²) in [4.78, 5) is 12.4. The SMILES string of the molecule is COCCNCCN(C(=O)O)C(C)(C)C. The number of hydrogen-bond donors (Lipinski definition) is 2. The summed E-state index contributed by atoms with van der Waals surface area (Å²) in [6, 6.07) is 0. The van der Waals surface area contributed by atoms with Crippen LogP contribution in [-0.4, -0.2) is 55.0 Å². The third kappa shape index (κ3) is 6.30. The molecule has 0 heterocycles. The number of amides is 1. The normalized spacial score (nSPS) is 11.5. The summed E-state index contributed by atoms with van der Waals surface area (Å²) in [6.45, 7) is 8.18. The Morgan fingerprint density at radius 2 is 2.00 bits per heavy atom. The van der Waals surface area contributed by atoms with Crippen LogP contribution >= 0.6 is 0 Å². The predicted molar refractivity (Wildman–Crippen MR) is 59.2 cm³/mol. The highest BCUT2D eigenvalue weighted by Gasteiger charge is 2.24. The van der Waals surface area contributed by atoms with Crippen LogP contribution in [0.25, 0.3) is 0 Å². The van der Waals surface area contributed by atoms with Crippen LogP contribution in [0.2, 0.25) is 0 Å². The fraction of sp³-hybridized carbons (Fsp3) is 0.900. The summed E-state index contributed by atoms with van der Waals surface area (Å²) in [5, 5.41) is 12.1. The highest BCUT2D eigenvalue weighted by Crippen LogP contribution is 2.12. The predicted octanol–water partition coefficient (Wildman–Crippen LogP) is 1.00. The van der Waals surface area contributed by atoms with Gasteiger partial charge in [0.15, 0.2) is 0 Å². The largest absolute Gasteiger partial charge is 0.465 e. The highest BCUT2D eigenvalue weighted by molar-refractivity contribution is 5.65. The van der Waals surface area contributed by atoms with E-state index in [4.69, 9.17) is 9.84 Å². The van der Waals surface area contributed by atoms with Gasteiger partial charge < -0.3 is 20.1 Å². The number of ether oxygens (including phenoxy) is 1. The molecule has 0 aromatic rings. The molecule has 0 rings (SSSR count). The van der Waals surface area contributed by atoms with Gasteiger partial charge in [0.1, 0.15) is 0 Å². The van der Waals surface area contributed by atoms with Gasteiger partial charge in [-0.3, -0.25) is 0 Å². The standard InChI is InChI=1S/C10H22N2O3/c1-10(2,3)12(9(13)14)7-5-11-6-8-15-4/h11H,5-8H2,1-4H3,(H,13,14). The maximum atomic E-state index is 10.9. The molecule has 90 valence electrons. The first kappa shape index (κ1) is 14.2. The summed E-state index contributed by atoms with van der Waals surface area (Å²) in [7, 11) is 1.64. The minimum absolute atomic E-state index is 0.352. The zero-order valence-corrected chi connectivity index (χ0v) is 10.0. The molecule has 0 aromatic heterocycles. The molecule has 0 aliphatic heterocycles. The van der Waals surface area contributed by atoms with Gasteiger partial charge in [0, 0.05) is 32.3 Å². The Bertz CT molecular complexity index is 190. The van der Waals surface area contributed by atoms with Crippen molar-refractivity contribution in [2.75, 3.05) is 33.4 Å². The number of rotatable bonds is 6. The summed E-state index contributed by atoms with van der Waals surface area (Å²) in [6.07, 6.45) is -0.879. The molecular weight excluding hydrogens is 196 g/mol. The van der Waals surface area contributed by atoms with Crippen LogP contribution in [0, 0.1) is 0 Å². The van der Waals surface area contributed by atoms with E-state index in [1.54, 1.807) is 7.11 Å². The molecule has 0 radical (unpaired) electrons. The minimum Gasteiger partial charge on any atom is -0.465 e. The zero-order chi connectivity index (χ0) is 11.9. The van der Waals surface area contributed by atoms with E-state index in [-0.39, 0.29) is 5.54 Å². The van der Waals surface area contributed by atoms with Crippen molar-refractivity contribution >= 4 is 6.09 Å². The fourth-order valence-corrected chi connectivity index (χ4v) is 1.21. The van der Waals surface area contributed by atoms with Crippen LogP contribution in [-0.2, 0) is 4.74 Å². The molecule has 0 unspecified atom stereocenters. The molecule has 0 saturated carbocycles. The van der Waals surface area contributed by atoms with E-state index in [0.717, 1.165) is 6.54 Å². The van der Waals surface area contributed by atoms with Crippen LogP contribution < -0.4 is 5.32 Å². The number of carboxylic acid groups (broad SMARTS) is 1. The van der Waals surface area contributed by atoms with E-state index >= 15 is 0 Å². The van der Waals surface area contributed by atoms with E-state index in [1.165, 1.54) is 4.90 Å². The lowest BCUT2D eigenvalue weighted by Crippen LogP contribution is -2.48. The Hall–Kier alpha value is -0.810. The van der Waals surface area contributed by atoms with Crippen LogP contribution in [0.5, 0.6) is 0 Å². The Labute approximate surface area is 91.4 Å². The summed E-state index contributed by atoms with van der Waals surface area (Å²) < 4.78 is 4.87. The van der Waals surface area contributed by atoms with Crippen LogP contribution in [0.3, 0.4) is 0 Å². The lowest BCUT2D eigenvalue weighted by atomic mass is 10.1. The zero-order valence-electron chi connectivity index (χ0n) is 10.0. The van der Waals surface area contributed by atoms with Gasteiger partial charge in [0.05, 0.1) is 6.61 Å². The number of hydrogen-bond acceptors (Lipinski definition) is 3. The van der Waals surface area contributed by atoms with E-state index in [2.05, 4.69) is 5.32 Å². The van der Waals surface area contributed by atoms with Crippen molar-refractivity contribution in [2.45, 2.75) is 26.3 Å². The molecule has 0 aromatic carbocycles. The topological polar surface area (TPSA) is 61.8 Å². The Balaban J connectivity index is 3.84. The van der Waals surface area contributed by atoms with Crippen LogP contribution in [0.1, 0.15) is 20.8 Å². The first-order valence-corrected chi connectivity index (χ1v) is 5.10. The van der Waals surface area contributed by atoms with Crippen molar-refractivity contribution in [3.63, 3.8) is 0 Å². The second-order valence-corrected chi connectivity index (χ2v) is 4.35. The number of carbonyl (C=O) groups is 1. The van der Waals surface area contributed by atoms with Gasteiger partial charge in [-0.25, -0.2) is 4.79 Å². The van der Waals surface area contributed by atoms with Gasteiger partial charge in [-0.05, 0) is 20.8 Å². The van der Waals surface area contributed by atoms with E-state index < -0.39 is 6.09 Å². The summed E-state index contributed by atoms with van der Waals surface area (Å²) in [5.74, 6) is 0. The van der Waals surface area contributed by atoms with Gasteiger partial charge in [-0.1, -0.05) is 0 Å². The van der Waals surface area contributed by atoms with Gasteiger partial charge in [-0.2, -0.15) is 0 Å².